The first kappa shape index (κ1) is 19.3. The van der Waals surface area contributed by atoms with Crippen LogP contribution in [0.25, 0.3) is 5.82 Å². The van der Waals surface area contributed by atoms with Crippen LogP contribution in [-0.4, -0.2) is 29.7 Å². The molecule has 0 saturated carbocycles. The molecule has 3 aromatic rings. The Hall–Kier alpha value is -2.51. The lowest BCUT2D eigenvalue weighted by molar-refractivity contribution is 0.580. The Bertz CT molecular complexity index is 1010. The van der Waals surface area contributed by atoms with Gasteiger partial charge in [-0.3, -0.25) is 0 Å². The van der Waals surface area contributed by atoms with Crippen molar-refractivity contribution in [3.63, 3.8) is 0 Å². The van der Waals surface area contributed by atoms with Gasteiger partial charge in [-0.2, -0.15) is 5.10 Å². The fraction of sp³-hybridized carbons (Fsp3) is 0.300. The van der Waals surface area contributed by atoms with Gasteiger partial charge in [0.05, 0.1) is 11.4 Å². The highest BCUT2D eigenvalue weighted by atomic mass is 32.2. The molecule has 0 aliphatic carbocycles. The average Bonchev–Trinajstić information content (AvgIpc) is 2.92. The molecule has 0 aliphatic heterocycles. The molecule has 2 heterocycles. The number of aryl methyl sites for hydroxylation is 2. The topological polar surface area (TPSA) is 76.9 Å². The highest BCUT2D eigenvalue weighted by Crippen LogP contribution is 2.17. The molecule has 6 nitrogen and oxygen atoms in total. The number of nitrogens with zero attached hydrogens (tertiary/aromatic N) is 3. The van der Waals surface area contributed by atoms with Crippen molar-refractivity contribution in [3.8, 4) is 5.82 Å². The predicted octanol–water partition coefficient (Wildman–Crippen LogP) is 2.85. The summed E-state index contributed by atoms with van der Waals surface area (Å²) in [4.78, 5) is 4.33. The van der Waals surface area contributed by atoms with Crippen LogP contribution in [0.2, 0.25) is 0 Å². The van der Waals surface area contributed by atoms with Gasteiger partial charge in [0.25, 0.3) is 0 Å². The predicted molar refractivity (Wildman–Crippen MR) is 106 cm³/mol. The quantitative estimate of drug-likeness (QED) is 0.679. The average molecular weight is 385 g/mol. The van der Waals surface area contributed by atoms with E-state index in [9.17, 15) is 8.42 Å². The van der Waals surface area contributed by atoms with Crippen LogP contribution < -0.4 is 4.72 Å². The highest BCUT2D eigenvalue weighted by molar-refractivity contribution is 7.88. The van der Waals surface area contributed by atoms with E-state index in [1.807, 2.05) is 63.2 Å². The fourth-order valence-corrected chi connectivity index (χ4v) is 4.17. The van der Waals surface area contributed by atoms with Crippen LogP contribution >= 0.6 is 0 Å². The molecule has 3 rings (SSSR count). The van der Waals surface area contributed by atoms with Gasteiger partial charge in [0.1, 0.15) is 0 Å². The molecule has 7 heteroatoms. The molecule has 1 N–H and O–H groups in total. The monoisotopic (exact) mass is 384 g/mol. The number of aromatic nitrogens is 3. The molecule has 0 spiro atoms. The van der Waals surface area contributed by atoms with E-state index in [2.05, 4.69) is 14.8 Å². The fourth-order valence-electron chi connectivity index (χ4n) is 3.03. The van der Waals surface area contributed by atoms with E-state index in [1.165, 1.54) is 0 Å². The lowest BCUT2D eigenvalue weighted by Crippen LogP contribution is -2.27. The van der Waals surface area contributed by atoms with Gasteiger partial charge in [0, 0.05) is 18.4 Å². The second-order valence-electron chi connectivity index (χ2n) is 6.64. The highest BCUT2D eigenvalue weighted by Gasteiger charge is 2.15. The summed E-state index contributed by atoms with van der Waals surface area (Å²) in [6, 6.07) is 13.2. The summed E-state index contributed by atoms with van der Waals surface area (Å²) in [6.45, 7) is 6.23. The van der Waals surface area contributed by atoms with Crippen LogP contribution in [0.4, 0.5) is 0 Å². The second kappa shape index (κ2) is 8.02. The van der Waals surface area contributed by atoms with Gasteiger partial charge in [0.2, 0.25) is 10.0 Å². The summed E-state index contributed by atoms with van der Waals surface area (Å²) in [6.07, 6.45) is 2.31. The summed E-state index contributed by atoms with van der Waals surface area (Å²) in [7, 11) is -3.38. The minimum absolute atomic E-state index is 0.0154. The summed E-state index contributed by atoms with van der Waals surface area (Å²) in [5, 5.41) is 4.55. The van der Waals surface area contributed by atoms with Crippen molar-refractivity contribution in [1.82, 2.24) is 19.5 Å². The van der Waals surface area contributed by atoms with E-state index in [-0.39, 0.29) is 5.75 Å². The zero-order chi connectivity index (χ0) is 19.4. The smallest absolute Gasteiger partial charge is 0.215 e. The number of sulfonamides is 1. The van der Waals surface area contributed by atoms with E-state index in [0.717, 1.165) is 33.9 Å². The summed E-state index contributed by atoms with van der Waals surface area (Å²) in [5.41, 5.74) is 4.79. The van der Waals surface area contributed by atoms with Crippen molar-refractivity contribution in [2.75, 3.05) is 6.54 Å². The molecular formula is C20H24N4O2S. The Morgan fingerprint density at radius 2 is 1.78 bits per heavy atom. The molecule has 0 radical (unpaired) electrons. The first-order valence-electron chi connectivity index (χ1n) is 8.85. The van der Waals surface area contributed by atoms with Crippen molar-refractivity contribution >= 4 is 10.0 Å². The molecule has 0 unspecified atom stereocenters. The number of rotatable bonds is 7. The lowest BCUT2D eigenvalue weighted by Gasteiger charge is -2.08. The second-order valence-corrected chi connectivity index (χ2v) is 8.44. The minimum atomic E-state index is -3.38. The Kier molecular flexibility index (Phi) is 5.72. The van der Waals surface area contributed by atoms with Gasteiger partial charge in [-0.15, -0.1) is 0 Å². The van der Waals surface area contributed by atoms with Gasteiger partial charge in [-0.1, -0.05) is 35.9 Å². The SMILES string of the molecule is Cc1ccc(CS(=O)(=O)NCCc2c(C)nn(-c3ccccn3)c2C)cc1. The van der Waals surface area contributed by atoms with Crippen LogP contribution in [0.5, 0.6) is 0 Å². The van der Waals surface area contributed by atoms with Crippen molar-refractivity contribution < 1.29 is 8.42 Å². The number of benzene rings is 1. The molecule has 0 aliphatic rings. The van der Waals surface area contributed by atoms with Gasteiger partial charge < -0.3 is 0 Å². The van der Waals surface area contributed by atoms with Gasteiger partial charge in [0.15, 0.2) is 5.82 Å². The van der Waals surface area contributed by atoms with E-state index >= 15 is 0 Å². The molecule has 0 bridgehead atoms. The third kappa shape index (κ3) is 4.81. The van der Waals surface area contributed by atoms with E-state index in [4.69, 9.17) is 0 Å². The Labute approximate surface area is 160 Å². The maximum absolute atomic E-state index is 12.3. The van der Waals surface area contributed by atoms with Crippen LogP contribution in [0.15, 0.2) is 48.7 Å². The third-order valence-corrected chi connectivity index (χ3v) is 5.84. The first-order chi connectivity index (χ1) is 12.9. The van der Waals surface area contributed by atoms with Crippen molar-refractivity contribution in [2.45, 2.75) is 32.9 Å². The molecule has 0 fully saturated rings. The van der Waals surface area contributed by atoms with Gasteiger partial charge in [-0.25, -0.2) is 22.8 Å². The first-order valence-corrected chi connectivity index (χ1v) is 10.5. The van der Waals surface area contributed by atoms with Gasteiger partial charge in [-0.05, 0) is 50.5 Å². The lowest BCUT2D eigenvalue weighted by atomic mass is 10.1. The largest absolute Gasteiger partial charge is 0.237 e. The normalized spacial score (nSPS) is 11.7. The van der Waals surface area contributed by atoms with Crippen molar-refractivity contribution in [2.24, 2.45) is 0 Å². The van der Waals surface area contributed by atoms with E-state index in [1.54, 1.807) is 10.9 Å². The molecule has 0 saturated heterocycles. The maximum Gasteiger partial charge on any atom is 0.215 e. The molecule has 1 aromatic carbocycles. The van der Waals surface area contributed by atoms with E-state index < -0.39 is 10.0 Å². The Morgan fingerprint density at radius 1 is 1.04 bits per heavy atom. The van der Waals surface area contributed by atoms with E-state index in [0.29, 0.717) is 13.0 Å². The molecule has 0 amide bonds. The van der Waals surface area contributed by atoms with Gasteiger partial charge >= 0.3 is 0 Å². The van der Waals surface area contributed by atoms with Crippen LogP contribution in [0.3, 0.4) is 0 Å². The van der Waals surface area contributed by atoms with Crippen LogP contribution in [-0.2, 0) is 22.2 Å². The number of pyridine rings is 1. The summed E-state index contributed by atoms with van der Waals surface area (Å²) >= 11 is 0. The molecule has 0 atom stereocenters. The van der Waals surface area contributed by atoms with Crippen LogP contribution in [0.1, 0.15) is 28.1 Å². The third-order valence-electron chi connectivity index (χ3n) is 4.48. The Balaban J connectivity index is 1.65. The number of nitrogens with one attached hydrogen (secondary N) is 1. The van der Waals surface area contributed by atoms with Crippen LogP contribution in [0, 0.1) is 20.8 Å². The zero-order valence-electron chi connectivity index (χ0n) is 15.8. The Morgan fingerprint density at radius 3 is 2.44 bits per heavy atom. The molecular weight excluding hydrogens is 360 g/mol. The maximum atomic E-state index is 12.3. The molecule has 2 aromatic heterocycles. The molecule has 142 valence electrons. The molecule has 27 heavy (non-hydrogen) atoms. The number of hydrogen-bond donors (Lipinski definition) is 1. The summed E-state index contributed by atoms with van der Waals surface area (Å²) in [5.74, 6) is 0.739. The standard InChI is InChI=1S/C20H24N4O2S/c1-15-7-9-18(10-8-15)14-27(25,26)22-13-11-19-16(2)23-24(17(19)3)20-6-4-5-12-21-20/h4-10,12,22H,11,13-14H2,1-3H3. The zero-order valence-corrected chi connectivity index (χ0v) is 16.6. The number of hydrogen-bond acceptors (Lipinski definition) is 4. The van der Waals surface area contributed by atoms with Crippen molar-refractivity contribution in [3.05, 3.63) is 76.7 Å². The van der Waals surface area contributed by atoms with Crippen molar-refractivity contribution in [1.29, 1.82) is 0 Å². The summed E-state index contributed by atoms with van der Waals surface area (Å²) < 4.78 is 29.2. The minimum Gasteiger partial charge on any atom is -0.237 e.